The standard InChI is InChI=1S/C18H10ClN3O2S/c19-14-8-16-15(21-18(22-16)25-10-17(23)24)7-12(14)6-5-11-3-1-2-4-13(11)9-20/h1-4,7-8H,10H2,(H,21,22)(H,23,24). The molecular weight excluding hydrogens is 358 g/mol. The van der Waals surface area contributed by atoms with Crippen molar-refractivity contribution in [1.82, 2.24) is 9.97 Å². The monoisotopic (exact) mass is 367 g/mol. The van der Waals surface area contributed by atoms with E-state index in [1.807, 2.05) is 6.07 Å². The van der Waals surface area contributed by atoms with Gasteiger partial charge < -0.3 is 10.1 Å². The first-order valence-corrected chi connectivity index (χ1v) is 8.48. The summed E-state index contributed by atoms with van der Waals surface area (Å²) >= 11 is 7.36. The number of benzene rings is 2. The van der Waals surface area contributed by atoms with Gasteiger partial charge in [-0.2, -0.15) is 5.26 Å². The number of fused-ring (bicyclic) bond motifs is 1. The second kappa shape index (κ2) is 7.31. The fourth-order valence-electron chi connectivity index (χ4n) is 2.13. The van der Waals surface area contributed by atoms with Gasteiger partial charge in [-0.3, -0.25) is 4.79 Å². The fraction of sp³-hybridized carbons (Fsp3) is 0.0556. The molecule has 1 heterocycles. The molecule has 1 aromatic heterocycles. The second-order valence-corrected chi connectivity index (χ2v) is 6.35. The number of nitrogens with zero attached hydrogens (tertiary/aromatic N) is 2. The smallest absolute Gasteiger partial charge is 0.313 e. The molecule has 0 spiro atoms. The van der Waals surface area contributed by atoms with E-state index < -0.39 is 5.97 Å². The van der Waals surface area contributed by atoms with Crippen LogP contribution >= 0.6 is 23.4 Å². The number of carboxylic acid groups (broad SMARTS) is 1. The maximum atomic E-state index is 10.6. The molecule has 122 valence electrons. The number of halogens is 1. The van der Waals surface area contributed by atoms with Crippen molar-refractivity contribution in [3.63, 3.8) is 0 Å². The van der Waals surface area contributed by atoms with E-state index in [0.717, 1.165) is 17.3 Å². The van der Waals surface area contributed by atoms with Gasteiger partial charge in [0, 0.05) is 11.1 Å². The normalized spacial score (nSPS) is 10.1. The molecule has 3 aromatic rings. The molecular formula is C18H10ClN3O2S. The van der Waals surface area contributed by atoms with Crippen LogP contribution in [0.3, 0.4) is 0 Å². The molecule has 0 saturated heterocycles. The van der Waals surface area contributed by atoms with E-state index >= 15 is 0 Å². The summed E-state index contributed by atoms with van der Waals surface area (Å²) in [7, 11) is 0. The molecule has 2 aromatic carbocycles. The van der Waals surface area contributed by atoms with Gasteiger partial charge in [0.2, 0.25) is 0 Å². The molecule has 25 heavy (non-hydrogen) atoms. The van der Waals surface area contributed by atoms with Crippen molar-refractivity contribution < 1.29 is 9.90 Å². The number of nitriles is 1. The molecule has 0 amide bonds. The number of rotatable bonds is 3. The number of hydrogen-bond donors (Lipinski definition) is 2. The zero-order chi connectivity index (χ0) is 17.8. The molecule has 0 radical (unpaired) electrons. The Bertz CT molecular complexity index is 1070. The molecule has 2 N–H and O–H groups in total. The summed E-state index contributed by atoms with van der Waals surface area (Å²) in [6, 6.07) is 12.6. The summed E-state index contributed by atoms with van der Waals surface area (Å²) in [5, 5.41) is 18.8. The molecule has 0 saturated carbocycles. The molecule has 0 bridgehead atoms. The summed E-state index contributed by atoms with van der Waals surface area (Å²) in [4.78, 5) is 18.0. The van der Waals surface area contributed by atoms with Crippen molar-refractivity contribution >= 4 is 40.4 Å². The van der Waals surface area contributed by atoms with E-state index in [9.17, 15) is 4.79 Å². The maximum Gasteiger partial charge on any atom is 0.313 e. The van der Waals surface area contributed by atoms with Crippen LogP contribution in [0.5, 0.6) is 0 Å². The van der Waals surface area contributed by atoms with E-state index in [-0.39, 0.29) is 5.75 Å². The number of H-pyrrole nitrogens is 1. The van der Waals surface area contributed by atoms with Crippen LogP contribution in [0.4, 0.5) is 0 Å². The first-order chi connectivity index (χ1) is 12.1. The lowest BCUT2D eigenvalue weighted by Gasteiger charge is -1.96. The molecule has 0 fully saturated rings. The third-order valence-electron chi connectivity index (χ3n) is 3.26. The predicted octanol–water partition coefficient (Wildman–Crippen LogP) is 3.66. The number of aromatic nitrogens is 2. The number of hydrogen-bond acceptors (Lipinski definition) is 4. The Kier molecular flexibility index (Phi) is 4.95. The Morgan fingerprint density at radius 2 is 1.96 bits per heavy atom. The average Bonchev–Trinajstić information content (AvgIpc) is 2.99. The number of aliphatic carboxylic acids is 1. The van der Waals surface area contributed by atoms with Gasteiger partial charge in [0.05, 0.1) is 27.4 Å². The molecule has 0 unspecified atom stereocenters. The average molecular weight is 368 g/mol. The molecule has 5 nitrogen and oxygen atoms in total. The molecule has 0 aliphatic carbocycles. The van der Waals surface area contributed by atoms with Crippen LogP contribution in [0.15, 0.2) is 41.6 Å². The second-order valence-electron chi connectivity index (χ2n) is 4.98. The number of thioether (sulfide) groups is 1. The lowest BCUT2D eigenvalue weighted by atomic mass is 10.1. The van der Waals surface area contributed by atoms with E-state index in [1.54, 1.807) is 30.3 Å². The van der Waals surface area contributed by atoms with Crippen molar-refractivity contribution in [3.8, 4) is 17.9 Å². The van der Waals surface area contributed by atoms with Crippen LogP contribution in [-0.4, -0.2) is 26.8 Å². The highest BCUT2D eigenvalue weighted by atomic mass is 35.5. The van der Waals surface area contributed by atoms with Gasteiger partial charge in [-0.05, 0) is 24.3 Å². The molecule has 0 aliphatic rings. The zero-order valence-electron chi connectivity index (χ0n) is 12.7. The van der Waals surface area contributed by atoms with Crippen LogP contribution in [0.2, 0.25) is 5.02 Å². The Morgan fingerprint density at radius 3 is 2.68 bits per heavy atom. The van der Waals surface area contributed by atoms with Crippen molar-refractivity contribution in [2.75, 3.05) is 5.75 Å². The Morgan fingerprint density at radius 1 is 1.24 bits per heavy atom. The predicted molar refractivity (Wildman–Crippen MR) is 96.6 cm³/mol. The first kappa shape index (κ1) is 16.9. The van der Waals surface area contributed by atoms with Gasteiger partial charge >= 0.3 is 5.97 Å². The minimum atomic E-state index is -0.911. The fourth-order valence-corrected chi connectivity index (χ4v) is 2.94. The van der Waals surface area contributed by atoms with Gasteiger partial charge in [0.1, 0.15) is 6.07 Å². The molecule has 0 atom stereocenters. The topological polar surface area (TPSA) is 89.8 Å². The minimum absolute atomic E-state index is 0.0782. The highest BCUT2D eigenvalue weighted by Gasteiger charge is 2.09. The highest BCUT2D eigenvalue weighted by Crippen LogP contribution is 2.25. The highest BCUT2D eigenvalue weighted by molar-refractivity contribution is 7.99. The Balaban J connectivity index is 1.95. The van der Waals surface area contributed by atoms with Crippen molar-refractivity contribution in [1.29, 1.82) is 5.26 Å². The SMILES string of the molecule is N#Cc1ccccc1C#Cc1cc2[nH]c(SCC(=O)O)nc2cc1Cl. The van der Waals surface area contributed by atoms with Crippen LogP contribution in [0.1, 0.15) is 16.7 Å². The lowest BCUT2D eigenvalue weighted by Crippen LogP contribution is -1.97. The van der Waals surface area contributed by atoms with Crippen LogP contribution < -0.4 is 0 Å². The number of nitrogens with one attached hydrogen (secondary N) is 1. The zero-order valence-corrected chi connectivity index (χ0v) is 14.3. The van der Waals surface area contributed by atoms with E-state index in [0.29, 0.717) is 32.4 Å². The van der Waals surface area contributed by atoms with Crippen LogP contribution in [0, 0.1) is 23.2 Å². The molecule has 0 aliphatic heterocycles. The first-order valence-electron chi connectivity index (χ1n) is 7.12. The third-order valence-corrected chi connectivity index (χ3v) is 4.43. The summed E-state index contributed by atoms with van der Waals surface area (Å²) in [5.41, 5.74) is 3.08. The van der Waals surface area contributed by atoms with Gasteiger partial charge in [-0.25, -0.2) is 4.98 Å². The lowest BCUT2D eigenvalue weighted by molar-refractivity contribution is -0.133. The Labute approximate surface area is 152 Å². The number of imidazole rings is 1. The number of carbonyl (C=O) groups is 1. The minimum Gasteiger partial charge on any atom is -0.481 e. The Hall–Kier alpha value is -2.93. The van der Waals surface area contributed by atoms with Crippen LogP contribution in [0.25, 0.3) is 11.0 Å². The van der Waals surface area contributed by atoms with Gasteiger partial charge in [0.15, 0.2) is 5.16 Å². The summed E-state index contributed by atoms with van der Waals surface area (Å²) < 4.78 is 0. The third kappa shape index (κ3) is 3.95. The summed E-state index contributed by atoms with van der Waals surface area (Å²) in [6.45, 7) is 0. The maximum absolute atomic E-state index is 10.6. The van der Waals surface area contributed by atoms with Crippen molar-refractivity contribution in [2.45, 2.75) is 5.16 Å². The van der Waals surface area contributed by atoms with E-state index in [1.165, 1.54) is 0 Å². The van der Waals surface area contributed by atoms with Gasteiger partial charge in [-0.15, -0.1) is 0 Å². The molecule has 3 rings (SSSR count). The molecule has 7 heteroatoms. The van der Waals surface area contributed by atoms with Crippen molar-refractivity contribution in [3.05, 3.63) is 58.1 Å². The largest absolute Gasteiger partial charge is 0.481 e. The number of carboxylic acids is 1. The van der Waals surface area contributed by atoms with Crippen molar-refractivity contribution in [2.24, 2.45) is 0 Å². The van der Waals surface area contributed by atoms with Crippen LogP contribution in [-0.2, 0) is 4.79 Å². The summed E-state index contributed by atoms with van der Waals surface area (Å²) in [5.74, 6) is 4.94. The van der Waals surface area contributed by atoms with E-state index in [4.69, 9.17) is 22.0 Å². The van der Waals surface area contributed by atoms with Gasteiger partial charge in [-0.1, -0.05) is 47.3 Å². The summed E-state index contributed by atoms with van der Waals surface area (Å²) in [6.07, 6.45) is 0. The van der Waals surface area contributed by atoms with E-state index in [2.05, 4.69) is 27.9 Å². The quantitative estimate of drug-likeness (QED) is 0.544. The number of aromatic amines is 1. The van der Waals surface area contributed by atoms with Gasteiger partial charge in [0.25, 0.3) is 0 Å².